The van der Waals surface area contributed by atoms with Crippen molar-refractivity contribution in [3.63, 3.8) is 0 Å². The number of anilines is 1. The number of ether oxygens (including phenoxy) is 1. The molecule has 0 unspecified atom stereocenters. The normalized spacial score (nSPS) is 13.7. The number of benzene rings is 1. The van der Waals surface area contributed by atoms with Crippen molar-refractivity contribution < 1.29 is 13.9 Å². The van der Waals surface area contributed by atoms with E-state index in [0.717, 1.165) is 17.7 Å². The van der Waals surface area contributed by atoms with Crippen LogP contribution in [0.25, 0.3) is 0 Å². The monoisotopic (exact) mass is 305 g/mol. The van der Waals surface area contributed by atoms with Crippen molar-refractivity contribution in [3.05, 3.63) is 40.7 Å². The van der Waals surface area contributed by atoms with E-state index in [2.05, 4.69) is 15.5 Å². The molecule has 0 fully saturated rings. The van der Waals surface area contributed by atoms with E-state index in [1.807, 2.05) is 4.57 Å². The number of amides is 1. The SMILES string of the molecule is Cc1cc(NCc2nnc3n2CCOC3)c(C(N)=O)cc1F. The molecule has 0 saturated carbocycles. The van der Waals surface area contributed by atoms with Gasteiger partial charge in [-0.3, -0.25) is 4.79 Å². The maximum atomic E-state index is 13.6. The van der Waals surface area contributed by atoms with E-state index in [9.17, 15) is 9.18 Å². The molecule has 116 valence electrons. The van der Waals surface area contributed by atoms with Crippen LogP contribution in [0.1, 0.15) is 27.6 Å². The standard InChI is InChI=1S/C14H16FN5O2/c1-8-4-11(9(14(16)21)5-10(8)15)17-6-12-18-19-13-7-22-3-2-20(12)13/h4-5,17H,2-3,6-7H2,1H3,(H2,16,21). The highest BCUT2D eigenvalue weighted by atomic mass is 19.1. The van der Waals surface area contributed by atoms with Gasteiger partial charge < -0.3 is 20.4 Å². The molecule has 0 atom stereocenters. The Hall–Kier alpha value is -2.48. The second-order valence-electron chi connectivity index (χ2n) is 5.10. The van der Waals surface area contributed by atoms with Gasteiger partial charge in [-0.25, -0.2) is 4.39 Å². The van der Waals surface area contributed by atoms with Crippen LogP contribution < -0.4 is 11.1 Å². The van der Waals surface area contributed by atoms with Gasteiger partial charge in [0.1, 0.15) is 12.4 Å². The number of halogens is 1. The Labute approximate surface area is 126 Å². The van der Waals surface area contributed by atoms with Gasteiger partial charge in [-0.1, -0.05) is 0 Å². The Morgan fingerprint density at radius 3 is 3.09 bits per heavy atom. The fourth-order valence-electron chi connectivity index (χ4n) is 2.39. The lowest BCUT2D eigenvalue weighted by Crippen LogP contribution is -2.20. The van der Waals surface area contributed by atoms with E-state index in [1.165, 1.54) is 0 Å². The summed E-state index contributed by atoms with van der Waals surface area (Å²) in [4.78, 5) is 11.4. The van der Waals surface area contributed by atoms with Crippen LogP contribution in [0.4, 0.5) is 10.1 Å². The van der Waals surface area contributed by atoms with Crippen molar-refractivity contribution in [2.45, 2.75) is 26.6 Å². The third-order valence-corrected chi connectivity index (χ3v) is 3.60. The lowest BCUT2D eigenvalue weighted by atomic mass is 10.1. The lowest BCUT2D eigenvalue weighted by molar-refractivity contribution is 0.0807. The molecule has 1 aliphatic rings. The molecule has 8 heteroatoms. The van der Waals surface area contributed by atoms with E-state index < -0.39 is 11.7 Å². The minimum Gasteiger partial charge on any atom is -0.377 e. The largest absolute Gasteiger partial charge is 0.377 e. The minimum atomic E-state index is -0.682. The Morgan fingerprint density at radius 2 is 2.32 bits per heavy atom. The number of primary amides is 1. The first-order valence-electron chi connectivity index (χ1n) is 6.89. The number of carbonyl (C=O) groups is 1. The van der Waals surface area contributed by atoms with Crippen LogP contribution >= 0.6 is 0 Å². The summed E-state index contributed by atoms with van der Waals surface area (Å²) < 4.78 is 20.9. The maximum absolute atomic E-state index is 13.6. The minimum absolute atomic E-state index is 0.116. The first-order valence-corrected chi connectivity index (χ1v) is 6.89. The molecule has 1 aromatic carbocycles. The third kappa shape index (κ3) is 2.64. The van der Waals surface area contributed by atoms with Crippen LogP contribution in [0, 0.1) is 12.7 Å². The average molecular weight is 305 g/mol. The summed E-state index contributed by atoms with van der Waals surface area (Å²) in [5.74, 6) is 0.360. The topological polar surface area (TPSA) is 95.1 Å². The summed E-state index contributed by atoms with van der Waals surface area (Å²) in [5.41, 5.74) is 6.33. The fraction of sp³-hybridized carbons (Fsp3) is 0.357. The van der Waals surface area contributed by atoms with Gasteiger partial charge in [0.25, 0.3) is 5.91 Å². The molecular formula is C14H16FN5O2. The molecule has 2 heterocycles. The highest BCUT2D eigenvalue weighted by molar-refractivity contribution is 5.98. The molecule has 1 aromatic heterocycles. The molecule has 1 amide bonds. The van der Waals surface area contributed by atoms with Gasteiger partial charge >= 0.3 is 0 Å². The zero-order valence-corrected chi connectivity index (χ0v) is 12.1. The number of carbonyl (C=O) groups excluding carboxylic acids is 1. The van der Waals surface area contributed by atoms with Crippen molar-refractivity contribution in [2.75, 3.05) is 11.9 Å². The summed E-state index contributed by atoms with van der Waals surface area (Å²) in [7, 11) is 0. The van der Waals surface area contributed by atoms with E-state index >= 15 is 0 Å². The Bertz CT molecular complexity index is 728. The van der Waals surface area contributed by atoms with E-state index in [4.69, 9.17) is 10.5 Å². The van der Waals surface area contributed by atoms with E-state index in [0.29, 0.717) is 37.6 Å². The first kappa shape index (κ1) is 14.5. The van der Waals surface area contributed by atoms with Crippen LogP contribution in [0.15, 0.2) is 12.1 Å². The van der Waals surface area contributed by atoms with Gasteiger partial charge in [-0.05, 0) is 24.6 Å². The second kappa shape index (κ2) is 5.72. The second-order valence-corrected chi connectivity index (χ2v) is 5.10. The molecule has 0 spiro atoms. The zero-order chi connectivity index (χ0) is 15.7. The average Bonchev–Trinajstić information content (AvgIpc) is 2.91. The molecule has 0 bridgehead atoms. The van der Waals surface area contributed by atoms with Crippen molar-refractivity contribution in [2.24, 2.45) is 5.73 Å². The van der Waals surface area contributed by atoms with Gasteiger partial charge in [-0.15, -0.1) is 10.2 Å². The number of rotatable bonds is 4. The van der Waals surface area contributed by atoms with Crippen LogP contribution in [0.2, 0.25) is 0 Å². The Balaban J connectivity index is 1.83. The van der Waals surface area contributed by atoms with Gasteiger partial charge in [0, 0.05) is 12.2 Å². The Morgan fingerprint density at radius 1 is 1.50 bits per heavy atom. The van der Waals surface area contributed by atoms with Gasteiger partial charge in [0.05, 0.1) is 18.7 Å². The molecule has 2 aromatic rings. The van der Waals surface area contributed by atoms with E-state index in [1.54, 1.807) is 13.0 Å². The number of aromatic nitrogens is 3. The van der Waals surface area contributed by atoms with Gasteiger partial charge in [0.15, 0.2) is 11.6 Å². The summed E-state index contributed by atoms with van der Waals surface area (Å²) in [6.07, 6.45) is 0. The van der Waals surface area contributed by atoms with Gasteiger partial charge in [-0.2, -0.15) is 0 Å². The quantitative estimate of drug-likeness (QED) is 0.877. The molecule has 7 nitrogen and oxygen atoms in total. The highest BCUT2D eigenvalue weighted by Crippen LogP contribution is 2.21. The number of hydrogen-bond acceptors (Lipinski definition) is 5. The summed E-state index contributed by atoms with van der Waals surface area (Å²) >= 11 is 0. The first-order chi connectivity index (χ1) is 10.6. The van der Waals surface area contributed by atoms with Crippen LogP contribution in [0.5, 0.6) is 0 Å². The number of nitrogens with two attached hydrogens (primary N) is 1. The molecule has 1 aliphatic heterocycles. The number of fused-ring (bicyclic) bond motifs is 1. The van der Waals surface area contributed by atoms with Crippen LogP contribution in [-0.4, -0.2) is 27.3 Å². The predicted molar refractivity (Wildman–Crippen MR) is 76.7 cm³/mol. The molecular weight excluding hydrogens is 289 g/mol. The number of hydrogen-bond donors (Lipinski definition) is 2. The van der Waals surface area contributed by atoms with Crippen molar-refractivity contribution in [1.82, 2.24) is 14.8 Å². The molecule has 0 saturated heterocycles. The number of aryl methyl sites for hydroxylation is 1. The van der Waals surface area contributed by atoms with Crippen LogP contribution in [-0.2, 0) is 24.4 Å². The molecule has 3 rings (SSSR count). The van der Waals surface area contributed by atoms with Crippen molar-refractivity contribution in [3.8, 4) is 0 Å². The molecule has 22 heavy (non-hydrogen) atoms. The Kier molecular flexibility index (Phi) is 3.76. The van der Waals surface area contributed by atoms with E-state index in [-0.39, 0.29) is 5.56 Å². The molecule has 0 aliphatic carbocycles. The number of nitrogens with one attached hydrogen (secondary N) is 1. The fourth-order valence-corrected chi connectivity index (χ4v) is 2.39. The summed E-state index contributed by atoms with van der Waals surface area (Å²) in [5, 5.41) is 11.2. The van der Waals surface area contributed by atoms with Gasteiger partial charge in [0.2, 0.25) is 0 Å². The molecule has 3 N–H and O–H groups in total. The predicted octanol–water partition coefficient (Wildman–Crippen LogP) is 0.967. The smallest absolute Gasteiger partial charge is 0.250 e. The zero-order valence-electron chi connectivity index (χ0n) is 12.1. The maximum Gasteiger partial charge on any atom is 0.250 e. The van der Waals surface area contributed by atoms with Crippen molar-refractivity contribution in [1.29, 1.82) is 0 Å². The number of nitrogens with zero attached hydrogens (tertiary/aromatic N) is 3. The molecule has 0 radical (unpaired) electrons. The third-order valence-electron chi connectivity index (χ3n) is 3.60. The highest BCUT2D eigenvalue weighted by Gasteiger charge is 2.17. The summed E-state index contributed by atoms with van der Waals surface area (Å²) in [6.45, 7) is 3.72. The van der Waals surface area contributed by atoms with Crippen molar-refractivity contribution >= 4 is 11.6 Å². The summed E-state index contributed by atoms with van der Waals surface area (Å²) in [6, 6.07) is 2.71. The van der Waals surface area contributed by atoms with Crippen LogP contribution in [0.3, 0.4) is 0 Å². The lowest BCUT2D eigenvalue weighted by Gasteiger charge is -2.16.